The van der Waals surface area contributed by atoms with Crippen molar-refractivity contribution >= 4 is 25.6 Å². The Morgan fingerprint density at radius 2 is 2.16 bits per heavy atom. The molecule has 2 aliphatic heterocycles. The van der Waals surface area contributed by atoms with Crippen LogP contribution >= 0.6 is 15.9 Å². The summed E-state index contributed by atoms with van der Waals surface area (Å²) in [5, 5.41) is 0. The molecule has 2 bridgehead atoms. The Balaban J connectivity index is 1.84. The Kier molecular flexibility index (Phi) is 3.43. The molecule has 1 aromatic carbocycles. The molecule has 0 aromatic heterocycles. The molecule has 1 saturated heterocycles. The number of rotatable bonds is 3. The first-order valence-electron chi connectivity index (χ1n) is 8.62. The first-order chi connectivity index (χ1) is 12.2. The maximum atomic E-state index is 6.53. The average molecular weight is 418 g/mol. The lowest BCUT2D eigenvalue weighted by molar-refractivity contribution is 0.0861. The van der Waals surface area contributed by atoms with Gasteiger partial charge in [0.15, 0.2) is 17.6 Å². The Bertz CT molecular complexity index is 836. The van der Waals surface area contributed by atoms with E-state index in [9.17, 15) is 0 Å². The van der Waals surface area contributed by atoms with Crippen molar-refractivity contribution in [2.24, 2.45) is 0 Å². The molecule has 2 radical (unpaired) electrons. The van der Waals surface area contributed by atoms with Crippen molar-refractivity contribution < 1.29 is 14.2 Å². The molecule has 25 heavy (non-hydrogen) atoms. The zero-order valence-electron chi connectivity index (χ0n) is 14.6. The molecule has 5 rings (SSSR count). The second kappa shape index (κ2) is 5.38. The van der Waals surface area contributed by atoms with E-state index in [1.807, 2.05) is 0 Å². The molecule has 0 N–H and O–H groups in total. The van der Waals surface area contributed by atoms with E-state index < -0.39 is 0 Å². The SMILES string of the molecule is COC1=CC=C2C3Cc4c(Br)cc(OC)c5c4C2(CCN3[Si]C)C1O5. The van der Waals surface area contributed by atoms with Crippen molar-refractivity contribution in [2.75, 3.05) is 20.8 Å². The summed E-state index contributed by atoms with van der Waals surface area (Å²) in [6, 6.07) is 2.50. The highest BCUT2D eigenvalue weighted by molar-refractivity contribution is 9.10. The number of piperidine rings is 1. The minimum absolute atomic E-state index is 0.0837. The Labute approximate surface area is 158 Å². The summed E-state index contributed by atoms with van der Waals surface area (Å²) in [6.45, 7) is 3.38. The summed E-state index contributed by atoms with van der Waals surface area (Å²) in [5.41, 5.74) is 4.08. The number of hydrogen-bond donors (Lipinski definition) is 0. The predicted octanol–water partition coefficient (Wildman–Crippen LogP) is 3.22. The van der Waals surface area contributed by atoms with Crippen molar-refractivity contribution in [3.63, 3.8) is 0 Å². The monoisotopic (exact) mass is 417 g/mol. The first kappa shape index (κ1) is 16.0. The summed E-state index contributed by atoms with van der Waals surface area (Å²) in [6.07, 6.45) is 6.39. The van der Waals surface area contributed by atoms with Gasteiger partial charge >= 0.3 is 0 Å². The third-order valence-corrected chi connectivity index (χ3v) is 8.07. The summed E-state index contributed by atoms with van der Waals surface area (Å²) >= 11 is 3.80. The Morgan fingerprint density at radius 1 is 1.32 bits per heavy atom. The van der Waals surface area contributed by atoms with Crippen LogP contribution in [0.2, 0.25) is 6.55 Å². The number of hydrogen-bond acceptors (Lipinski definition) is 4. The molecule has 0 saturated carbocycles. The molecule has 130 valence electrons. The van der Waals surface area contributed by atoms with E-state index in [0.717, 1.165) is 50.8 Å². The fraction of sp³-hybridized carbons (Fsp3) is 0.474. The first-order valence-corrected chi connectivity index (χ1v) is 10.9. The number of nitrogens with zero attached hydrogens (tertiary/aromatic N) is 1. The lowest BCUT2D eigenvalue weighted by atomic mass is 9.57. The van der Waals surface area contributed by atoms with Gasteiger partial charge in [-0.3, -0.25) is 0 Å². The molecular formula is C19H20BrNO3Si. The van der Waals surface area contributed by atoms with Gasteiger partial charge in [-0.15, -0.1) is 0 Å². The second-order valence-corrected chi connectivity index (χ2v) is 8.87. The van der Waals surface area contributed by atoms with E-state index in [1.54, 1.807) is 14.2 Å². The van der Waals surface area contributed by atoms with E-state index in [1.165, 1.54) is 16.7 Å². The van der Waals surface area contributed by atoms with Gasteiger partial charge in [0.25, 0.3) is 0 Å². The van der Waals surface area contributed by atoms with Crippen LogP contribution < -0.4 is 9.47 Å². The van der Waals surface area contributed by atoms with E-state index in [4.69, 9.17) is 14.2 Å². The van der Waals surface area contributed by atoms with Crippen LogP contribution in [-0.2, 0) is 16.6 Å². The van der Waals surface area contributed by atoms with Crippen LogP contribution in [0.15, 0.2) is 34.0 Å². The summed E-state index contributed by atoms with van der Waals surface area (Å²) < 4.78 is 21.7. The standard InChI is InChI=1S/C19H20BrNO3Si/c1-22-14-5-4-11-13-8-10-12(20)9-15(23-2)17-16(10)19(11,18(14)24-17)6-7-21(13)25-3/h4-5,9,13,18H,6-8H2,1-3H3. The molecule has 3 atom stereocenters. The van der Waals surface area contributed by atoms with Crippen LogP contribution in [0.4, 0.5) is 0 Å². The van der Waals surface area contributed by atoms with Gasteiger partial charge in [-0.1, -0.05) is 28.6 Å². The number of halogens is 1. The van der Waals surface area contributed by atoms with E-state index in [2.05, 4.69) is 45.3 Å². The molecule has 4 nitrogen and oxygen atoms in total. The number of benzene rings is 1. The molecule has 1 spiro atoms. The Hall–Kier alpha value is -1.24. The predicted molar refractivity (Wildman–Crippen MR) is 100 cm³/mol. The fourth-order valence-electron chi connectivity index (χ4n) is 5.23. The molecular weight excluding hydrogens is 398 g/mol. The maximum Gasteiger partial charge on any atom is 0.169 e. The summed E-state index contributed by atoms with van der Waals surface area (Å²) in [4.78, 5) is 0. The third kappa shape index (κ3) is 1.80. The zero-order chi connectivity index (χ0) is 17.3. The van der Waals surface area contributed by atoms with Gasteiger partial charge in [0.1, 0.15) is 15.4 Å². The molecule has 0 amide bonds. The van der Waals surface area contributed by atoms with Gasteiger partial charge in [-0.2, -0.15) is 0 Å². The highest BCUT2D eigenvalue weighted by atomic mass is 79.9. The van der Waals surface area contributed by atoms with E-state index in [-0.39, 0.29) is 11.5 Å². The Morgan fingerprint density at radius 3 is 2.88 bits per heavy atom. The van der Waals surface area contributed by atoms with Crippen LogP contribution in [0.25, 0.3) is 0 Å². The van der Waals surface area contributed by atoms with Crippen LogP contribution in [0, 0.1) is 0 Å². The van der Waals surface area contributed by atoms with Crippen LogP contribution in [-0.4, -0.2) is 47.2 Å². The normalized spacial score (nSPS) is 31.7. The van der Waals surface area contributed by atoms with Gasteiger partial charge in [0, 0.05) is 16.1 Å². The van der Waals surface area contributed by atoms with Gasteiger partial charge in [-0.25, -0.2) is 0 Å². The van der Waals surface area contributed by atoms with E-state index >= 15 is 0 Å². The third-order valence-electron chi connectivity index (χ3n) is 6.25. The van der Waals surface area contributed by atoms with Crippen LogP contribution in [0.1, 0.15) is 17.5 Å². The number of allylic oxidation sites excluding steroid dienone is 2. The van der Waals surface area contributed by atoms with Gasteiger partial charge < -0.3 is 18.8 Å². The zero-order valence-corrected chi connectivity index (χ0v) is 17.1. The molecule has 2 heterocycles. The smallest absolute Gasteiger partial charge is 0.169 e. The van der Waals surface area contributed by atoms with Gasteiger partial charge in [0.05, 0.1) is 19.6 Å². The van der Waals surface area contributed by atoms with Crippen molar-refractivity contribution in [3.05, 3.63) is 45.2 Å². The van der Waals surface area contributed by atoms with Gasteiger partial charge in [0.2, 0.25) is 0 Å². The molecule has 2 aliphatic carbocycles. The highest BCUT2D eigenvalue weighted by Gasteiger charge is 2.62. The average Bonchev–Trinajstić information content (AvgIpc) is 2.97. The summed E-state index contributed by atoms with van der Waals surface area (Å²) in [5.74, 6) is 2.63. The minimum atomic E-state index is -0.110. The largest absolute Gasteiger partial charge is 0.497 e. The van der Waals surface area contributed by atoms with Crippen molar-refractivity contribution in [3.8, 4) is 11.5 Å². The summed E-state index contributed by atoms with van der Waals surface area (Å²) in [7, 11) is 4.27. The van der Waals surface area contributed by atoms with Crippen molar-refractivity contribution in [2.45, 2.75) is 36.9 Å². The lowest BCUT2D eigenvalue weighted by Crippen LogP contribution is -2.60. The van der Waals surface area contributed by atoms with Crippen molar-refractivity contribution in [1.82, 2.24) is 4.57 Å². The molecule has 1 aromatic rings. The molecule has 3 unspecified atom stereocenters. The molecule has 1 fully saturated rings. The quantitative estimate of drug-likeness (QED) is 0.706. The molecule has 4 aliphatic rings. The van der Waals surface area contributed by atoms with Crippen LogP contribution in [0.3, 0.4) is 0 Å². The second-order valence-electron chi connectivity index (χ2n) is 6.99. The molecule has 6 heteroatoms. The van der Waals surface area contributed by atoms with E-state index in [0.29, 0.717) is 6.04 Å². The fourth-order valence-corrected chi connectivity index (χ4v) is 6.67. The number of methoxy groups -OCH3 is 2. The highest BCUT2D eigenvalue weighted by Crippen LogP contribution is 2.63. The minimum Gasteiger partial charge on any atom is -0.497 e. The number of ether oxygens (including phenoxy) is 3. The lowest BCUT2D eigenvalue weighted by Gasteiger charge is -2.53. The van der Waals surface area contributed by atoms with Crippen LogP contribution in [0.5, 0.6) is 11.5 Å². The van der Waals surface area contributed by atoms with Crippen molar-refractivity contribution in [1.29, 1.82) is 0 Å². The maximum absolute atomic E-state index is 6.53. The topological polar surface area (TPSA) is 30.9 Å². The van der Waals surface area contributed by atoms with Gasteiger partial charge in [-0.05, 0) is 42.7 Å².